The van der Waals surface area contributed by atoms with Gasteiger partial charge >= 0.3 is 0 Å². The second kappa shape index (κ2) is 10.1. The summed E-state index contributed by atoms with van der Waals surface area (Å²) < 4.78 is 17.2. The van der Waals surface area contributed by atoms with Crippen LogP contribution in [0.5, 0.6) is 11.6 Å². The van der Waals surface area contributed by atoms with Gasteiger partial charge in [-0.15, -0.1) is 0 Å². The number of anilines is 2. The number of aryl methyl sites for hydroxylation is 1. The Balaban J connectivity index is 1.29. The molecule has 1 fully saturated rings. The molecule has 9 nitrogen and oxygen atoms in total. The number of ether oxygens (including phenoxy) is 2. The van der Waals surface area contributed by atoms with E-state index in [1.54, 1.807) is 38.4 Å². The first-order chi connectivity index (χ1) is 17.1. The monoisotopic (exact) mass is 473 g/mol. The first-order valence-electron chi connectivity index (χ1n) is 11.5. The highest BCUT2D eigenvalue weighted by Gasteiger charge is 2.18. The normalized spacial score (nSPS) is 14.1. The summed E-state index contributed by atoms with van der Waals surface area (Å²) in [5.41, 5.74) is 3.21. The Morgan fingerprint density at radius 3 is 2.83 bits per heavy atom. The van der Waals surface area contributed by atoms with E-state index >= 15 is 0 Å². The Kier molecular flexibility index (Phi) is 6.60. The average Bonchev–Trinajstić information content (AvgIpc) is 3.19. The smallest absolute Gasteiger partial charge is 0.255 e. The molecule has 1 aliphatic heterocycles. The van der Waals surface area contributed by atoms with Gasteiger partial charge in [0.05, 0.1) is 18.8 Å². The van der Waals surface area contributed by atoms with Gasteiger partial charge in [-0.05, 0) is 36.8 Å². The van der Waals surface area contributed by atoms with Crippen LogP contribution in [0.2, 0.25) is 0 Å². The Morgan fingerprint density at radius 1 is 1.14 bits per heavy atom. The van der Waals surface area contributed by atoms with E-state index in [4.69, 9.17) is 13.9 Å². The van der Waals surface area contributed by atoms with Crippen molar-refractivity contribution in [2.24, 2.45) is 0 Å². The summed E-state index contributed by atoms with van der Waals surface area (Å²) in [6, 6.07) is 15.3. The van der Waals surface area contributed by atoms with E-state index < -0.39 is 0 Å². The lowest BCUT2D eigenvalue weighted by molar-refractivity contribution is 0.0342. The molecule has 0 aliphatic carbocycles. The standard InChI is InChI=1S/C26H27N5O4/c1-17-24(25(32)27-2)21-7-6-20(15-22(21)34-17)35-23-8-9-28-26(30-23)29-19-5-3-4-18(14-19)16-31-10-12-33-13-11-31/h3-9,14-15H,10-13,16H2,1-2H3,(H,27,32)(H,28,29,30). The van der Waals surface area contributed by atoms with Gasteiger partial charge in [0.1, 0.15) is 17.1 Å². The molecular weight excluding hydrogens is 446 g/mol. The van der Waals surface area contributed by atoms with Crippen LogP contribution in [0, 0.1) is 6.92 Å². The molecule has 0 atom stereocenters. The largest absolute Gasteiger partial charge is 0.460 e. The predicted molar refractivity (Wildman–Crippen MR) is 132 cm³/mol. The summed E-state index contributed by atoms with van der Waals surface area (Å²) in [6.07, 6.45) is 1.64. The fourth-order valence-corrected chi connectivity index (χ4v) is 4.14. The highest BCUT2D eigenvalue weighted by Crippen LogP contribution is 2.31. The number of hydrogen-bond donors (Lipinski definition) is 2. The number of aromatic nitrogens is 2. The first-order valence-corrected chi connectivity index (χ1v) is 11.5. The third-order valence-electron chi connectivity index (χ3n) is 5.84. The Morgan fingerprint density at radius 2 is 2.00 bits per heavy atom. The van der Waals surface area contributed by atoms with E-state index in [-0.39, 0.29) is 5.91 Å². The molecule has 0 spiro atoms. The number of furan rings is 1. The zero-order valence-electron chi connectivity index (χ0n) is 19.7. The molecule has 1 aliphatic rings. The molecule has 2 N–H and O–H groups in total. The Bertz CT molecular complexity index is 1350. The molecule has 1 saturated heterocycles. The van der Waals surface area contributed by atoms with Crippen molar-refractivity contribution >= 4 is 28.5 Å². The number of rotatable bonds is 7. The average molecular weight is 474 g/mol. The molecular formula is C26H27N5O4. The first kappa shape index (κ1) is 22.8. The van der Waals surface area contributed by atoms with E-state index in [0.29, 0.717) is 34.5 Å². The molecule has 35 heavy (non-hydrogen) atoms. The van der Waals surface area contributed by atoms with Crippen molar-refractivity contribution in [3.05, 3.63) is 71.6 Å². The minimum atomic E-state index is -0.185. The van der Waals surface area contributed by atoms with Crippen molar-refractivity contribution in [3.8, 4) is 11.6 Å². The molecule has 180 valence electrons. The number of benzene rings is 2. The van der Waals surface area contributed by atoms with Crippen LogP contribution < -0.4 is 15.4 Å². The molecule has 0 bridgehead atoms. The van der Waals surface area contributed by atoms with Gasteiger partial charge in [-0.1, -0.05) is 12.1 Å². The molecule has 1 amide bonds. The number of hydrogen-bond acceptors (Lipinski definition) is 8. The van der Waals surface area contributed by atoms with E-state index in [1.165, 1.54) is 5.56 Å². The number of morpholine rings is 1. The minimum Gasteiger partial charge on any atom is -0.460 e. The zero-order valence-corrected chi connectivity index (χ0v) is 19.7. The van der Waals surface area contributed by atoms with Gasteiger partial charge in [-0.3, -0.25) is 9.69 Å². The van der Waals surface area contributed by atoms with Crippen LogP contribution in [-0.4, -0.2) is 54.1 Å². The number of amides is 1. The van der Waals surface area contributed by atoms with Crippen molar-refractivity contribution < 1.29 is 18.7 Å². The summed E-state index contributed by atoms with van der Waals surface area (Å²) in [7, 11) is 1.60. The fraction of sp³-hybridized carbons (Fsp3) is 0.269. The van der Waals surface area contributed by atoms with E-state index in [0.717, 1.165) is 43.9 Å². The van der Waals surface area contributed by atoms with Crippen molar-refractivity contribution in [2.45, 2.75) is 13.5 Å². The minimum absolute atomic E-state index is 0.185. The molecule has 9 heteroatoms. The molecule has 0 saturated carbocycles. The maximum Gasteiger partial charge on any atom is 0.255 e. The lowest BCUT2D eigenvalue weighted by atomic mass is 10.1. The quantitative estimate of drug-likeness (QED) is 0.411. The topological polar surface area (TPSA) is 102 Å². The van der Waals surface area contributed by atoms with Crippen LogP contribution in [0.15, 0.2) is 59.1 Å². The van der Waals surface area contributed by atoms with Crippen LogP contribution in [0.25, 0.3) is 11.0 Å². The SMILES string of the molecule is CNC(=O)c1c(C)oc2cc(Oc3ccnc(Nc4cccc(CN5CCOCC5)c4)n3)ccc12. The fourth-order valence-electron chi connectivity index (χ4n) is 4.14. The maximum atomic E-state index is 12.2. The highest BCUT2D eigenvalue weighted by atomic mass is 16.5. The lowest BCUT2D eigenvalue weighted by Gasteiger charge is -2.26. The maximum absolute atomic E-state index is 12.2. The van der Waals surface area contributed by atoms with Crippen molar-refractivity contribution in [1.82, 2.24) is 20.2 Å². The van der Waals surface area contributed by atoms with Crippen LogP contribution in [-0.2, 0) is 11.3 Å². The van der Waals surface area contributed by atoms with Gasteiger partial charge in [-0.25, -0.2) is 4.98 Å². The van der Waals surface area contributed by atoms with E-state index in [2.05, 4.69) is 37.6 Å². The summed E-state index contributed by atoms with van der Waals surface area (Å²) in [6.45, 7) is 6.08. The van der Waals surface area contributed by atoms with Crippen molar-refractivity contribution in [3.63, 3.8) is 0 Å². The second-order valence-electron chi connectivity index (χ2n) is 8.30. The molecule has 0 unspecified atom stereocenters. The molecule has 2 aromatic heterocycles. The van der Waals surface area contributed by atoms with E-state index in [9.17, 15) is 4.79 Å². The Hall–Kier alpha value is -3.95. The van der Waals surface area contributed by atoms with Gasteiger partial charge < -0.3 is 24.5 Å². The Labute approximate surface area is 203 Å². The number of carbonyl (C=O) groups excluding carboxylic acids is 1. The van der Waals surface area contributed by atoms with Gasteiger partial charge in [0.25, 0.3) is 5.91 Å². The summed E-state index contributed by atoms with van der Waals surface area (Å²) in [5.74, 6) is 1.74. The van der Waals surface area contributed by atoms with Crippen molar-refractivity contribution in [2.75, 3.05) is 38.7 Å². The lowest BCUT2D eigenvalue weighted by Crippen LogP contribution is -2.35. The molecule has 2 aromatic carbocycles. The van der Waals surface area contributed by atoms with Gasteiger partial charge in [0.2, 0.25) is 11.8 Å². The molecule has 4 aromatic rings. The summed E-state index contributed by atoms with van der Waals surface area (Å²) >= 11 is 0. The van der Waals surface area contributed by atoms with Crippen LogP contribution >= 0.6 is 0 Å². The number of nitrogens with one attached hydrogen (secondary N) is 2. The zero-order chi connectivity index (χ0) is 24.2. The third kappa shape index (κ3) is 5.26. The number of nitrogens with zero attached hydrogens (tertiary/aromatic N) is 3. The predicted octanol–water partition coefficient (Wildman–Crippen LogP) is 4.26. The van der Waals surface area contributed by atoms with Crippen LogP contribution in [0.3, 0.4) is 0 Å². The highest BCUT2D eigenvalue weighted by molar-refractivity contribution is 6.07. The van der Waals surface area contributed by atoms with Gasteiger partial charge in [0.15, 0.2) is 0 Å². The number of fused-ring (bicyclic) bond motifs is 1. The molecule has 3 heterocycles. The van der Waals surface area contributed by atoms with Gasteiger partial charge in [0, 0.05) is 56.1 Å². The summed E-state index contributed by atoms with van der Waals surface area (Å²) in [4.78, 5) is 23.3. The van der Waals surface area contributed by atoms with E-state index in [1.807, 2.05) is 18.2 Å². The summed E-state index contributed by atoms with van der Waals surface area (Å²) in [5, 5.41) is 6.63. The molecule has 5 rings (SSSR count). The second-order valence-corrected chi connectivity index (χ2v) is 8.30. The van der Waals surface area contributed by atoms with Crippen molar-refractivity contribution in [1.29, 1.82) is 0 Å². The van der Waals surface area contributed by atoms with Gasteiger partial charge in [-0.2, -0.15) is 4.98 Å². The number of carbonyl (C=O) groups is 1. The third-order valence-corrected chi connectivity index (χ3v) is 5.84. The van der Waals surface area contributed by atoms with Crippen LogP contribution in [0.4, 0.5) is 11.6 Å². The molecule has 0 radical (unpaired) electrons. The van der Waals surface area contributed by atoms with Crippen LogP contribution in [0.1, 0.15) is 21.7 Å².